The molecule has 1 unspecified atom stereocenters. The van der Waals surface area contributed by atoms with Crippen molar-refractivity contribution in [1.29, 1.82) is 0 Å². The lowest BCUT2D eigenvalue weighted by molar-refractivity contribution is 0.0115. The van der Waals surface area contributed by atoms with Crippen LogP contribution in [-0.4, -0.2) is 40.9 Å². The van der Waals surface area contributed by atoms with Gasteiger partial charge in [0.1, 0.15) is 5.60 Å². The van der Waals surface area contributed by atoms with Crippen LogP contribution < -0.4 is 0 Å². The van der Waals surface area contributed by atoms with E-state index < -0.39 is 11.7 Å². The number of ether oxygens (including phenoxy) is 1. The van der Waals surface area contributed by atoms with Crippen molar-refractivity contribution in [3.05, 3.63) is 12.7 Å². The summed E-state index contributed by atoms with van der Waals surface area (Å²) in [5.74, 6) is 2.50. The second kappa shape index (κ2) is 7.78. The number of carbonyl (C=O) groups excluding carboxylic acids is 1. The third-order valence-corrected chi connectivity index (χ3v) is 2.23. The summed E-state index contributed by atoms with van der Waals surface area (Å²) in [6.07, 6.45) is 7.38. The van der Waals surface area contributed by atoms with Gasteiger partial charge in [0.05, 0.1) is 12.6 Å². The largest absolute Gasteiger partial charge is 0.444 e. The van der Waals surface area contributed by atoms with Gasteiger partial charge in [-0.25, -0.2) is 4.79 Å². The summed E-state index contributed by atoms with van der Waals surface area (Å²) in [7, 11) is 0. The van der Waals surface area contributed by atoms with Crippen LogP contribution in [0, 0.1) is 12.3 Å². The number of terminal acetylenes is 1. The molecule has 0 aromatic rings. The molecule has 0 heterocycles. The van der Waals surface area contributed by atoms with Crippen molar-refractivity contribution < 1.29 is 14.6 Å². The van der Waals surface area contributed by atoms with Crippen LogP contribution in [0.1, 0.15) is 33.6 Å². The average Bonchev–Trinajstić information content (AvgIpc) is 2.26. The Bertz CT molecular complexity index is 312. The summed E-state index contributed by atoms with van der Waals surface area (Å²) in [5, 5.41) is 9.34. The minimum atomic E-state index is -0.567. The molecule has 0 rings (SSSR count). The van der Waals surface area contributed by atoms with E-state index in [1.165, 1.54) is 4.90 Å². The molecule has 0 spiro atoms. The summed E-state index contributed by atoms with van der Waals surface area (Å²) in [5.41, 5.74) is -0.567. The lowest BCUT2D eigenvalue weighted by atomic mass is 10.1. The highest BCUT2D eigenvalue weighted by molar-refractivity contribution is 5.68. The molecule has 0 aromatic carbocycles. The van der Waals surface area contributed by atoms with E-state index in [-0.39, 0.29) is 12.6 Å². The molecule has 0 saturated heterocycles. The highest BCUT2D eigenvalue weighted by Gasteiger charge is 2.26. The minimum absolute atomic E-state index is 0.144. The highest BCUT2D eigenvalue weighted by atomic mass is 16.6. The van der Waals surface area contributed by atoms with Gasteiger partial charge in [-0.05, 0) is 27.2 Å². The maximum atomic E-state index is 12.0. The van der Waals surface area contributed by atoms with Gasteiger partial charge in [-0.3, -0.25) is 4.90 Å². The molecule has 1 N–H and O–H groups in total. The zero-order chi connectivity index (χ0) is 14.2. The van der Waals surface area contributed by atoms with Gasteiger partial charge in [-0.1, -0.05) is 6.08 Å². The van der Waals surface area contributed by atoms with Crippen molar-refractivity contribution in [3.8, 4) is 12.3 Å². The summed E-state index contributed by atoms with van der Waals surface area (Å²) in [6.45, 7) is 9.18. The van der Waals surface area contributed by atoms with E-state index in [0.717, 1.165) is 0 Å². The van der Waals surface area contributed by atoms with E-state index in [1.807, 2.05) is 0 Å². The quantitative estimate of drug-likeness (QED) is 0.583. The predicted octanol–water partition coefficient (Wildman–Crippen LogP) is 2.18. The normalized spacial score (nSPS) is 12.4. The fourth-order valence-electron chi connectivity index (χ4n) is 1.43. The number of hydrogen-bond donors (Lipinski definition) is 1. The van der Waals surface area contributed by atoms with Crippen LogP contribution in [0.3, 0.4) is 0 Å². The molecule has 0 bridgehead atoms. The molecule has 1 amide bonds. The standard InChI is InChI=1S/C14H23NO3/c1-6-8-9-12(11-16)15(10-7-2)13(17)18-14(3,4)5/h1,7,12,16H,2,8-11H2,3-5H3. The second-order valence-electron chi connectivity index (χ2n) is 5.00. The zero-order valence-corrected chi connectivity index (χ0v) is 11.5. The van der Waals surface area contributed by atoms with Crippen LogP contribution >= 0.6 is 0 Å². The van der Waals surface area contributed by atoms with Crippen molar-refractivity contribution in [2.45, 2.75) is 45.3 Å². The van der Waals surface area contributed by atoms with Gasteiger partial charge in [0.2, 0.25) is 0 Å². The van der Waals surface area contributed by atoms with Crippen molar-refractivity contribution in [3.63, 3.8) is 0 Å². The number of carbonyl (C=O) groups is 1. The van der Waals surface area contributed by atoms with Crippen molar-refractivity contribution in [1.82, 2.24) is 4.90 Å². The number of amides is 1. The average molecular weight is 253 g/mol. The van der Waals surface area contributed by atoms with Crippen LogP contribution in [0.15, 0.2) is 12.7 Å². The lowest BCUT2D eigenvalue weighted by Gasteiger charge is -2.31. The zero-order valence-electron chi connectivity index (χ0n) is 11.5. The molecule has 0 radical (unpaired) electrons. The van der Waals surface area contributed by atoms with E-state index in [1.54, 1.807) is 26.8 Å². The van der Waals surface area contributed by atoms with Gasteiger partial charge >= 0.3 is 6.09 Å². The number of rotatable bonds is 6. The first kappa shape index (κ1) is 16.5. The third kappa shape index (κ3) is 6.31. The Morgan fingerprint density at radius 2 is 2.22 bits per heavy atom. The second-order valence-corrected chi connectivity index (χ2v) is 5.00. The van der Waals surface area contributed by atoms with Crippen LogP contribution in [0.5, 0.6) is 0 Å². The Hall–Kier alpha value is -1.47. The molecule has 1 atom stereocenters. The lowest BCUT2D eigenvalue weighted by Crippen LogP contribution is -2.45. The van der Waals surface area contributed by atoms with Crippen molar-refractivity contribution >= 4 is 6.09 Å². The Morgan fingerprint density at radius 3 is 2.61 bits per heavy atom. The Labute approximate surface area is 110 Å². The molecule has 4 nitrogen and oxygen atoms in total. The molecule has 0 aromatic heterocycles. The molecule has 4 heteroatoms. The number of nitrogens with zero attached hydrogens (tertiary/aromatic N) is 1. The number of hydrogen-bond acceptors (Lipinski definition) is 3. The fraction of sp³-hybridized carbons (Fsp3) is 0.643. The van der Waals surface area contributed by atoms with Gasteiger partial charge < -0.3 is 9.84 Å². The fourth-order valence-corrected chi connectivity index (χ4v) is 1.43. The molecule has 18 heavy (non-hydrogen) atoms. The van der Waals surface area contributed by atoms with Gasteiger partial charge in [0.25, 0.3) is 0 Å². The molecule has 0 aliphatic heterocycles. The van der Waals surface area contributed by atoms with Gasteiger partial charge in [-0.15, -0.1) is 18.9 Å². The molecule has 0 saturated carbocycles. The van der Waals surface area contributed by atoms with E-state index in [2.05, 4.69) is 12.5 Å². The third-order valence-electron chi connectivity index (χ3n) is 2.23. The number of aliphatic hydroxyl groups excluding tert-OH is 1. The molecule has 102 valence electrons. The van der Waals surface area contributed by atoms with Gasteiger partial charge in [0.15, 0.2) is 0 Å². The molecule has 0 fully saturated rings. The van der Waals surface area contributed by atoms with E-state index >= 15 is 0 Å². The van der Waals surface area contributed by atoms with Crippen LogP contribution in [0.25, 0.3) is 0 Å². The molecule has 0 aliphatic rings. The smallest absolute Gasteiger partial charge is 0.410 e. The van der Waals surface area contributed by atoms with Crippen molar-refractivity contribution in [2.24, 2.45) is 0 Å². The molecule has 0 aliphatic carbocycles. The van der Waals surface area contributed by atoms with Crippen LogP contribution in [0.4, 0.5) is 4.79 Å². The topological polar surface area (TPSA) is 49.8 Å². The minimum Gasteiger partial charge on any atom is -0.444 e. The summed E-state index contributed by atoms with van der Waals surface area (Å²) in [6, 6.07) is -0.339. The van der Waals surface area contributed by atoms with E-state index in [9.17, 15) is 9.90 Å². The summed E-state index contributed by atoms with van der Waals surface area (Å²) < 4.78 is 5.29. The van der Waals surface area contributed by atoms with Crippen LogP contribution in [0.2, 0.25) is 0 Å². The number of aliphatic hydroxyl groups is 1. The van der Waals surface area contributed by atoms with Crippen molar-refractivity contribution in [2.75, 3.05) is 13.2 Å². The van der Waals surface area contributed by atoms with Gasteiger partial charge in [-0.2, -0.15) is 0 Å². The highest BCUT2D eigenvalue weighted by Crippen LogP contribution is 2.14. The Kier molecular flexibility index (Phi) is 7.14. The maximum Gasteiger partial charge on any atom is 0.410 e. The predicted molar refractivity (Wildman–Crippen MR) is 72.1 cm³/mol. The summed E-state index contributed by atoms with van der Waals surface area (Å²) >= 11 is 0. The van der Waals surface area contributed by atoms with E-state index in [4.69, 9.17) is 11.2 Å². The maximum absolute atomic E-state index is 12.0. The Balaban J connectivity index is 4.75. The first-order chi connectivity index (χ1) is 8.35. The monoisotopic (exact) mass is 253 g/mol. The van der Waals surface area contributed by atoms with E-state index in [0.29, 0.717) is 19.4 Å². The summed E-state index contributed by atoms with van der Waals surface area (Å²) in [4.78, 5) is 13.5. The molecular weight excluding hydrogens is 230 g/mol. The Morgan fingerprint density at radius 1 is 1.61 bits per heavy atom. The van der Waals surface area contributed by atoms with Crippen LogP contribution in [-0.2, 0) is 4.74 Å². The first-order valence-corrected chi connectivity index (χ1v) is 6.00. The first-order valence-electron chi connectivity index (χ1n) is 6.00. The SMILES string of the molecule is C#CCCC(CO)N(CC=C)C(=O)OC(C)(C)C. The van der Waals surface area contributed by atoms with Gasteiger partial charge in [0, 0.05) is 13.0 Å². The molecular formula is C14H23NO3.